The van der Waals surface area contributed by atoms with Gasteiger partial charge in [-0.25, -0.2) is 5.10 Å². The zero-order chi connectivity index (χ0) is 18.7. The monoisotopic (exact) mass is 378 g/mol. The van der Waals surface area contributed by atoms with Crippen molar-refractivity contribution >= 4 is 18.4 Å². The van der Waals surface area contributed by atoms with E-state index >= 15 is 0 Å². The molecule has 0 unspecified atom stereocenters. The summed E-state index contributed by atoms with van der Waals surface area (Å²) in [6.45, 7) is 0. The zero-order valence-corrected chi connectivity index (χ0v) is 14.3. The fourth-order valence-electron chi connectivity index (χ4n) is 2.34. The minimum absolute atomic E-state index is 0.0697. The first-order chi connectivity index (χ1) is 12.4. The SMILES string of the molecule is COc1cccc(-c2n[nH]c(=S)n2N=Cc2ccccc2C(F)(F)F)c1. The van der Waals surface area contributed by atoms with Crippen molar-refractivity contribution in [3.05, 3.63) is 64.4 Å². The third-order valence-corrected chi connectivity index (χ3v) is 3.82. The second-order valence-corrected chi connectivity index (χ2v) is 5.61. The molecule has 0 spiro atoms. The molecule has 1 N–H and O–H groups in total. The summed E-state index contributed by atoms with van der Waals surface area (Å²) in [5.74, 6) is 0.962. The minimum Gasteiger partial charge on any atom is -0.497 e. The molecule has 9 heteroatoms. The molecule has 0 radical (unpaired) electrons. The summed E-state index contributed by atoms with van der Waals surface area (Å²) in [4.78, 5) is 0. The Balaban J connectivity index is 2.04. The summed E-state index contributed by atoms with van der Waals surface area (Å²) in [5.41, 5.74) is -0.195. The Morgan fingerprint density at radius 2 is 1.96 bits per heavy atom. The van der Waals surface area contributed by atoms with Crippen molar-refractivity contribution in [3.63, 3.8) is 0 Å². The van der Waals surface area contributed by atoms with Crippen LogP contribution >= 0.6 is 12.2 Å². The molecule has 0 aliphatic heterocycles. The van der Waals surface area contributed by atoms with E-state index in [1.165, 1.54) is 30.0 Å². The summed E-state index contributed by atoms with van der Waals surface area (Å²) >= 11 is 5.13. The Hall–Kier alpha value is -2.94. The predicted molar refractivity (Wildman–Crippen MR) is 93.8 cm³/mol. The first-order valence-electron chi connectivity index (χ1n) is 7.42. The molecule has 0 amide bonds. The van der Waals surface area contributed by atoms with Gasteiger partial charge in [-0.05, 0) is 30.4 Å². The van der Waals surface area contributed by atoms with E-state index in [-0.39, 0.29) is 10.3 Å². The number of halogens is 3. The molecule has 5 nitrogen and oxygen atoms in total. The van der Waals surface area contributed by atoms with Crippen molar-refractivity contribution in [1.82, 2.24) is 14.9 Å². The average Bonchev–Trinajstić information content (AvgIpc) is 3.00. The van der Waals surface area contributed by atoms with Crippen LogP contribution in [-0.2, 0) is 6.18 Å². The maximum absolute atomic E-state index is 13.1. The van der Waals surface area contributed by atoms with Crippen LogP contribution in [0.4, 0.5) is 13.2 Å². The molecule has 0 aliphatic carbocycles. The van der Waals surface area contributed by atoms with Gasteiger partial charge in [0.1, 0.15) is 5.75 Å². The summed E-state index contributed by atoms with van der Waals surface area (Å²) in [7, 11) is 1.53. The molecule has 0 fully saturated rings. The van der Waals surface area contributed by atoms with Gasteiger partial charge in [-0.15, -0.1) is 0 Å². The molecule has 0 saturated heterocycles. The van der Waals surface area contributed by atoms with Crippen molar-refractivity contribution in [2.24, 2.45) is 5.10 Å². The van der Waals surface area contributed by atoms with E-state index in [9.17, 15) is 13.2 Å². The number of alkyl halides is 3. The highest BCUT2D eigenvalue weighted by atomic mass is 32.1. The lowest BCUT2D eigenvalue weighted by atomic mass is 10.1. The van der Waals surface area contributed by atoms with E-state index in [0.717, 1.165) is 12.3 Å². The molecule has 1 heterocycles. The lowest BCUT2D eigenvalue weighted by Crippen LogP contribution is -2.09. The molecule has 134 valence electrons. The van der Waals surface area contributed by atoms with E-state index in [1.54, 1.807) is 24.3 Å². The highest BCUT2D eigenvalue weighted by Gasteiger charge is 2.32. The van der Waals surface area contributed by atoms with E-state index in [1.807, 2.05) is 0 Å². The number of aromatic amines is 1. The van der Waals surface area contributed by atoms with Crippen LogP contribution in [0.15, 0.2) is 53.6 Å². The molecule has 2 aromatic carbocycles. The molecule has 3 rings (SSSR count). The number of benzene rings is 2. The third-order valence-electron chi connectivity index (χ3n) is 3.56. The maximum Gasteiger partial charge on any atom is 0.417 e. The summed E-state index contributed by atoms with van der Waals surface area (Å²) in [6, 6.07) is 12.2. The molecule has 0 aliphatic rings. The van der Waals surface area contributed by atoms with Crippen molar-refractivity contribution in [1.29, 1.82) is 0 Å². The summed E-state index contributed by atoms with van der Waals surface area (Å²) in [5, 5.41) is 10.8. The van der Waals surface area contributed by atoms with E-state index in [2.05, 4.69) is 15.3 Å². The van der Waals surface area contributed by atoms with E-state index in [4.69, 9.17) is 17.0 Å². The van der Waals surface area contributed by atoms with Crippen LogP contribution in [0.5, 0.6) is 5.75 Å². The molecular weight excluding hydrogens is 365 g/mol. The fraction of sp³-hybridized carbons (Fsp3) is 0.118. The number of nitrogens with zero attached hydrogens (tertiary/aromatic N) is 3. The zero-order valence-electron chi connectivity index (χ0n) is 13.5. The smallest absolute Gasteiger partial charge is 0.417 e. The van der Waals surface area contributed by atoms with Gasteiger partial charge in [-0.3, -0.25) is 0 Å². The Morgan fingerprint density at radius 3 is 2.69 bits per heavy atom. The van der Waals surface area contributed by atoms with Crippen LogP contribution in [0.1, 0.15) is 11.1 Å². The fourth-order valence-corrected chi connectivity index (χ4v) is 2.51. The van der Waals surface area contributed by atoms with Gasteiger partial charge in [0.25, 0.3) is 0 Å². The van der Waals surface area contributed by atoms with Crippen molar-refractivity contribution in [3.8, 4) is 17.1 Å². The number of aromatic nitrogens is 3. The molecule has 0 atom stereocenters. The maximum atomic E-state index is 13.1. The quantitative estimate of drug-likeness (QED) is 0.537. The van der Waals surface area contributed by atoms with Crippen LogP contribution in [0, 0.1) is 4.77 Å². The van der Waals surface area contributed by atoms with Crippen LogP contribution < -0.4 is 4.74 Å². The molecule has 1 aromatic heterocycles. The van der Waals surface area contributed by atoms with Crippen molar-refractivity contribution < 1.29 is 17.9 Å². The van der Waals surface area contributed by atoms with Gasteiger partial charge >= 0.3 is 6.18 Å². The van der Waals surface area contributed by atoms with E-state index < -0.39 is 11.7 Å². The summed E-state index contributed by atoms with van der Waals surface area (Å²) in [6.07, 6.45) is -3.37. The lowest BCUT2D eigenvalue weighted by molar-refractivity contribution is -0.137. The highest BCUT2D eigenvalue weighted by Crippen LogP contribution is 2.31. The number of ether oxygens (including phenoxy) is 1. The Labute approximate surface area is 151 Å². The number of hydrogen-bond donors (Lipinski definition) is 1. The molecule has 0 bridgehead atoms. The topological polar surface area (TPSA) is 55.2 Å². The first-order valence-corrected chi connectivity index (χ1v) is 7.83. The Morgan fingerprint density at radius 1 is 1.19 bits per heavy atom. The number of hydrogen-bond acceptors (Lipinski definition) is 4. The highest BCUT2D eigenvalue weighted by molar-refractivity contribution is 7.71. The van der Waals surface area contributed by atoms with Gasteiger partial charge in [0.05, 0.1) is 18.9 Å². The standard InChI is InChI=1S/C17H13F3N4OS/c1-25-13-7-4-6-11(9-13)15-22-23-16(26)24(15)21-10-12-5-2-3-8-14(12)17(18,19)20/h2-10H,1H3,(H,23,26). The van der Waals surface area contributed by atoms with Crippen molar-refractivity contribution in [2.75, 3.05) is 7.11 Å². The minimum atomic E-state index is -4.48. The van der Waals surface area contributed by atoms with Crippen LogP contribution in [0.25, 0.3) is 11.4 Å². The second kappa shape index (κ2) is 7.12. The van der Waals surface area contributed by atoms with Gasteiger partial charge in [-0.2, -0.15) is 28.0 Å². The molecule has 26 heavy (non-hydrogen) atoms. The first kappa shape index (κ1) is 17.9. The number of rotatable bonds is 4. The molecule has 0 saturated carbocycles. The average molecular weight is 378 g/mol. The Bertz CT molecular complexity index is 1010. The van der Waals surface area contributed by atoms with Crippen LogP contribution in [0.3, 0.4) is 0 Å². The van der Waals surface area contributed by atoms with Crippen molar-refractivity contribution in [2.45, 2.75) is 6.18 Å². The van der Waals surface area contributed by atoms with Gasteiger partial charge in [0.15, 0.2) is 5.82 Å². The van der Waals surface area contributed by atoms with Gasteiger partial charge in [-0.1, -0.05) is 30.3 Å². The lowest BCUT2D eigenvalue weighted by Gasteiger charge is -2.09. The molecule has 3 aromatic rings. The largest absolute Gasteiger partial charge is 0.497 e. The van der Waals surface area contributed by atoms with Crippen LogP contribution in [-0.4, -0.2) is 28.2 Å². The molecular formula is C17H13F3N4OS. The normalized spacial score (nSPS) is 11.8. The van der Waals surface area contributed by atoms with Gasteiger partial charge in [0.2, 0.25) is 4.77 Å². The Kier molecular flexibility index (Phi) is 4.90. The predicted octanol–water partition coefficient (Wildman–Crippen LogP) is 4.52. The summed E-state index contributed by atoms with van der Waals surface area (Å²) < 4.78 is 45.9. The number of methoxy groups -OCH3 is 1. The van der Waals surface area contributed by atoms with Gasteiger partial charge in [0, 0.05) is 11.1 Å². The number of nitrogens with one attached hydrogen (secondary N) is 1. The second-order valence-electron chi connectivity index (χ2n) is 5.23. The van der Waals surface area contributed by atoms with Gasteiger partial charge < -0.3 is 4.74 Å². The van der Waals surface area contributed by atoms with Crippen LogP contribution in [0.2, 0.25) is 0 Å². The van der Waals surface area contributed by atoms with E-state index in [0.29, 0.717) is 17.1 Å². The number of H-pyrrole nitrogens is 1. The third kappa shape index (κ3) is 3.67.